The number of aromatic nitrogens is 2. The molecule has 0 aliphatic heterocycles. The molecular formula is C13H12BrN3O4. The van der Waals surface area contributed by atoms with Crippen LogP contribution in [0.4, 0.5) is 5.69 Å². The average molecular weight is 354 g/mol. The van der Waals surface area contributed by atoms with Crippen LogP contribution in [0.15, 0.2) is 35.1 Å². The minimum absolute atomic E-state index is 0.0112. The van der Waals surface area contributed by atoms with Gasteiger partial charge in [-0.15, -0.1) is 0 Å². The van der Waals surface area contributed by atoms with Crippen molar-refractivity contribution in [2.24, 2.45) is 0 Å². The molecule has 0 N–H and O–H groups in total. The van der Waals surface area contributed by atoms with Crippen molar-refractivity contribution in [2.45, 2.75) is 13.5 Å². The zero-order valence-electron chi connectivity index (χ0n) is 11.2. The molecule has 8 heteroatoms. The molecule has 0 radical (unpaired) electrons. The summed E-state index contributed by atoms with van der Waals surface area (Å²) in [6, 6.07) is 4.59. The van der Waals surface area contributed by atoms with Gasteiger partial charge in [-0.25, -0.2) is 0 Å². The Labute approximate surface area is 128 Å². The quantitative estimate of drug-likeness (QED) is 0.452. The van der Waals surface area contributed by atoms with E-state index >= 15 is 0 Å². The van der Waals surface area contributed by atoms with Crippen LogP contribution in [0.5, 0.6) is 5.75 Å². The summed E-state index contributed by atoms with van der Waals surface area (Å²) in [7, 11) is 0. The number of carbonyl (C=O) groups is 1. The average Bonchev–Trinajstić information content (AvgIpc) is 2.92. The normalized spacial score (nSPS) is 10.4. The summed E-state index contributed by atoms with van der Waals surface area (Å²) in [5, 5.41) is 15.1. The highest BCUT2D eigenvalue weighted by atomic mass is 79.9. The summed E-state index contributed by atoms with van der Waals surface area (Å²) in [4.78, 5) is 22.2. The third kappa shape index (κ3) is 3.66. The van der Waals surface area contributed by atoms with Gasteiger partial charge in [0, 0.05) is 22.9 Å². The summed E-state index contributed by atoms with van der Waals surface area (Å²) >= 11 is 3.16. The lowest BCUT2D eigenvalue weighted by molar-refractivity contribution is -0.386. The van der Waals surface area contributed by atoms with Crippen LogP contribution in [-0.4, -0.2) is 27.1 Å². The van der Waals surface area contributed by atoms with Crippen LogP contribution >= 0.6 is 15.9 Å². The van der Waals surface area contributed by atoms with Crippen molar-refractivity contribution < 1.29 is 14.5 Å². The summed E-state index contributed by atoms with van der Waals surface area (Å²) in [5.74, 6) is -0.309. The van der Waals surface area contributed by atoms with E-state index < -0.39 is 4.92 Å². The molecule has 0 aliphatic rings. The largest absolute Gasteiger partial charge is 0.484 e. The number of halogens is 1. The summed E-state index contributed by atoms with van der Waals surface area (Å²) in [5.41, 5.74) is -0.0634. The third-order valence-corrected chi connectivity index (χ3v) is 3.19. The Balaban J connectivity index is 2.26. The number of carbonyl (C=O) groups excluding carboxylic acids is 1. The molecule has 0 saturated heterocycles. The van der Waals surface area contributed by atoms with Crippen molar-refractivity contribution in [1.29, 1.82) is 0 Å². The molecule has 0 atom stereocenters. The Morgan fingerprint density at radius 3 is 2.86 bits per heavy atom. The van der Waals surface area contributed by atoms with Crippen LogP contribution in [-0.2, 0) is 6.54 Å². The summed E-state index contributed by atoms with van der Waals surface area (Å²) in [6.45, 7) is 1.94. The molecule has 1 aromatic carbocycles. The molecular weight excluding hydrogens is 342 g/mol. The van der Waals surface area contributed by atoms with E-state index in [4.69, 9.17) is 4.74 Å². The van der Waals surface area contributed by atoms with E-state index in [9.17, 15) is 14.9 Å². The van der Waals surface area contributed by atoms with Crippen LogP contribution in [0.1, 0.15) is 17.3 Å². The van der Waals surface area contributed by atoms with Gasteiger partial charge >= 0.3 is 5.69 Å². The van der Waals surface area contributed by atoms with Gasteiger partial charge in [0.05, 0.1) is 17.0 Å². The lowest BCUT2D eigenvalue weighted by Crippen LogP contribution is -2.11. The highest BCUT2D eigenvalue weighted by Crippen LogP contribution is 2.35. The van der Waals surface area contributed by atoms with Crippen molar-refractivity contribution in [1.82, 2.24) is 9.78 Å². The van der Waals surface area contributed by atoms with Crippen molar-refractivity contribution >= 4 is 27.4 Å². The predicted molar refractivity (Wildman–Crippen MR) is 78.5 cm³/mol. The number of benzene rings is 1. The van der Waals surface area contributed by atoms with Crippen LogP contribution in [0.25, 0.3) is 0 Å². The van der Waals surface area contributed by atoms with Gasteiger partial charge in [0.25, 0.3) is 0 Å². The molecule has 2 rings (SSSR count). The van der Waals surface area contributed by atoms with E-state index in [2.05, 4.69) is 21.0 Å². The number of ether oxygens (including phenoxy) is 1. The summed E-state index contributed by atoms with van der Waals surface area (Å²) < 4.78 is 7.57. The molecule has 0 aliphatic carbocycles. The van der Waals surface area contributed by atoms with Crippen molar-refractivity contribution in [3.05, 3.63) is 50.7 Å². The van der Waals surface area contributed by atoms with Gasteiger partial charge in [-0.1, -0.05) is 15.9 Å². The number of rotatable bonds is 6. The second-order valence-corrected chi connectivity index (χ2v) is 5.15. The van der Waals surface area contributed by atoms with Crippen LogP contribution < -0.4 is 4.74 Å². The number of ketones is 1. The van der Waals surface area contributed by atoms with Gasteiger partial charge < -0.3 is 4.74 Å². The smallest absolute Gasteiger partial charge is 0.312 e. The fourth-order valence-corrected chi connectivity index (χ4v) is 2.25. The maximum atomic E-state index is 11.6. The molecule has 7 nitrogen and oxygen atoms in total. The van der Waals surface area contributed by atoms with Crippen molar-refractivity contribution in [3.63, 3.8) is 0 Å². The Morgan fingerprint density at radius 2 is 2.29 bits per heavy atom. The van der Waals surface area contributed by atoms with E-state index in [1.807, 2.05) is 0 Å². The summed E-state index contributed by atoms with van der Waals surface area (Å²) in [6.07, 6.45) is 3.38. The van der Waals surface area contributed by atoms with Crippen molar-refractivity contribution in [2.75, 3.05) is 6.61 Å². The van der Waals surface area contributed by atoms with Crippen molar-refractivity contribution in [3.8, 4) is 5.75 Å². The number of nitrogens with zero attached hydrogens (tertiary/aromatic N) is 3. The van der Waals surface area contributed by atoms with Gasteiger partial charge in [0.2, 0.25) is 5.75 Å². The molecule has 21 heavy (non-hydrogen) atoms. The number of nitro groups is 1. The lowest BCUT2D eigenvalue weighted by atomic mass is 10.1. The third-order valence-electron chi connectivity index (χ3n) is 2.74. The first-order valence-electron chi connectivity index (χ1n) is 6.08. The standard InChI is InChI=1S/C13H12BrN3O4/c1-9(18)11-7-10(14)8-12(17(19)20)13(11)21-6-5-16-4-2-3-15-16/h2-4,7-8H,5-6H2,1H3. The van der Waals surface area contributed by atoms with Gasteiger partial charge in [-0.2, -0.15) is 5.10 Å². The van der Waals surface area contributed by atoms with Gasteiger partial charge in [0.1, 0.15) is 6.61 Å². The van der Waals surface area contributed by atoms with E-state index in [1.54, 1.807) is 23.1 Å². The SMILES string of the molecule is CC(=O)c1cc(Br)cc([N+](=O)[O-])c1OCCn1cccn1. The molecule has 0 amide bonds. The van der Waals surface area contributed by atoms with Gasteiger partial charge in [-0.05, 0) is 19.1 Å². The molecule has 2 aromatic rings. The van der Waals surface area contributed by atoms with Crippen LogP contribution in [0, 0.1) is 10.1 Å². The molecule has 0 bridgehead atoms. The maximum absolute atomic E-state index is 11.6. The highest BCUT2D eigenvalue weighted by molar-refractivity contribution is 9.10. The van der Waals surface area contributed by atoms with Gasteiger partial charge in [0.15, 0.2) is 5.78 Å². The molecule has 0 unspecified atom stereocenters. The topological polar surface area (TPSA) is 87.3 Å². The zero-order chi connectivity index (χ0) is 15.4. The number of nitro benzene ring substituents is 1. The first-order valence-corrected chi connectivity index (χ1v) is 6.87. The monoisotopic (exact) mass is 353 g/mol. The number of hydrogen-bond acceptors (Lipinski definition) is 5. The Bertz CT molecular complexity index is 635. The predicted octanol–water partition coefficient (Wildman–Crippen LogP) is 2.84. The Hall–Kier alpha value is -2.22. The fraction of sp³-hybridized carbons (Fsp3) is 0.231. The molecule has 0 fully saturated rings. The molecule has 0 saturated carbocycles. The van der Waals surface area contributed by atoms with E-state index in [0.29, 0.717) is 11.0 Å². The minimum Gasteiger partial charge on any atom is -0.484 e. The Kier molecular flexibility index (Phi) is 4.69. The molecule has 1 aromatic heterocycles. The fourth-order valence-electron chi connectivity index (χ4n) is 1.80. The van der Waals surface area contributed by atoms with E-state index in [0.717, 1.165) is 0 Å². The number of hydrogen-bond donors (Lipinski definition) is 0. The second-order valence-electron chi connectivity index (χ2n) is 4.23. The highest BCUT2D eigenvalue weighted by Gasteiger charge is 2.23. The Morgan fingerprint density at radius 1 is 1.52 bits per heavy atom. The first-order chi connectivity index (χ1) is 9.99. The lowest BCUT2D eigenvalue weighted by Gasteiger charge is -2.11. The van der Waals surface area contributed by atoms with E-state index in [-0.39, 0.29) is 29.4 Å². The number of Topliss-reactive ketones (excluding diaryl/α,β-unsaturated/α-hetero) is 1. The second kappa shape index (κ2) is 6.49. The molecule has 1 heterocycles. The zero-order valence-corrected chi connectivity index (χ0v) is 12.7. The molecule has 0 spiro atoms. The molecule has 110 valence electrons. The van der Waals surface area contributed by atoms with E-state index in [1.165, 1.54) is 19.1 Å². The maximum Gasteiger partial charge on any atom is 0.312 e. The minimum atomic E-state index is -0.569. The van der Waals surface area contributed by atoms with Crippen LogP contribution in [0.2, 0.25) is 0 Å². The van der Waals surface area contributed by atoms with Gasteiger partial charge in [-0.3, -0.25) is 19.6 Å². The van der Waals surface area contributed by atoms with Crippen LogP contribution in [0.3, 0.4) is 0 Å². The first kappa shape index (κ1) is 15.2.